The zero-order chi connectivity index (χ0) is 11.1. The number of ether oxygens (including phenoxy) is 1. The van der Waals surface area contributed by atoms with Crippen molar-refractivity contribution in [2.75, 3.05) is 33.4 Å². The van der Waals surface area contributed by atoms with Crippen molar-refractivity contribution < 1.29 is 4.74 Å². The predicted octanol–water partition coefficient (Wildman–Crippen LogP) is 1.49. The van der Waals surface area contributed by atoms with Crippen LogP contribution in [0, 0.1) is 0 Å². The molecular weight excluding hydrogens is 188 g/mol. The van der Waals surface area contributed by atoms with Crippen LogP contribution in [0.5, 0.6) is 0 Å². The second-order valence-electron chi connectivity index (χ2n) is 4.79. The third-order valence-corrected chi connectivity index (χ3v) is 3.05. The molecule has 0 aromatic heterocycles. The molecule has 0 atom stereocenters. The van der Waals surface area contributed by atoms with E-state index in [-0.39, 0.29) is 0 Å². The van der Waals surface area contributed by atoms with Gasteiger partial charge in [-0.05, 0) is 39.4 Å². The lowest BCUT2D eigenvalue weighted by molar-refractivity contribution is 0.0428. The van der Waals surface area contributed by atoms with Gasteiger partial charge in [0.1, 0.15) is 0 Å². The van der Waals surface area contributed by atoms with E-state index in [9.17, 15) is 0 Å². The Labute approximate surface area is 94.2 Å². The van der Waals surface area contributed by atoms with Gasteiger partial charge in [-0.15, -0.1) is 0 Å². The summed E-state index contributed by atoms with van der Waals surface area (Å²) in [4.78, 5) is 2.49. The fourth-order valence-electron chi connectivity index (χ4n) is 2.03. The van der Waals surface area contributed by atoms with Crippen molar-refractivity contribution in [3.05, 3.63) is 0 Å². The molecule has 90 valence electrons. The Morgan fingerprint density at radius 3 is 2.60 bits per heavy atom. The Kier molecular flexibility index (Phi) is 6.22. The Morgan fingerprint density at radius 1 is 1.33 bits per heavy atom. The second kappa shape index (κ2) is 7.20. The summed E-state index contributed by atoms with van der Waals surface area (Å²) in [6.45, 7) is 8.61. The van der Waals surface area contributed by atoms with E-state index in [0.717, 1.165) is 25.8 Å². The molecule has 0 spiro atoms. The van der Waals surface area contributed by atoms with E-state index < -0.39 is 0 Å². The standard InChI is InChI=1S/C12H26N2O/c1-11(2)13-7-4-8-14(3)12-5-9-15-10-6-12/h11-13H,4-10H2,1-3H3. The minimum absolute atomic E-state index is 0.610. The summed E-state index contributed by atoms with van der Waals surface area (Å²) in [5.74, 6) is 0. The van der Waals surface area contributed by atoms with Gasteiger partial charge in [-0.1, -0.05) is 13.8 Å². The fourth-order valence-corrected chi connectivity index (χ4v) is 2.03. The first-order valence-electron chi connectivity index (χ1n) is 6.21. The molecule has 0 saturated carbocycles. The fraction of sp³-hybridized carbons (Fsp3) is 1.00. The van der Waals surface area contributed by atoms with E-state index in [1.54, 1.807) is 0 Å². The van der Waals surface area contributed by atoms with Gasteiger partial charge in [0, 0.05) is 25.3 Å². The Bertz CT molecular complexity index is 156. The molecule has 1 aliphatic heterocycles. The first-order valence-corrected chi connectivity index (χ1v) is 6.21. The number of nitrogens with zero attached hydrogens (tertiary/aromatic N) is 1. The zero-order valence-corrected chi connectivity index (χ0v) is 10.5. The maximum atomic E-state index is 5.37. The normalized spacial score (nSPS) is 19.0. The first kappa shape index (κ1) is 12.9. The molecule has 3 heteroatoms. The molecule has 0 bridgehead atoms. The molecule has 1 saturated heterocycles. The van der Waals surface area contributed by atoms with Crippen LogP contribution in [-0.4, -0.2) is 50.3 Å². The molecule has 3 nitrogen and oxygen atoms in total. The molecule has 0 aromatic carbocycles. The van der Waals surface area contributed by atoms with E-state index in [1.165, 1.54) is 25.8 Å². The van der Waals surface area contributed by atoms with Crippen LogP contribution in [-0.2, 0) is 4.74 Å². The third-order valence-electron chi connectivity index (χ3n) is 3.05. The van der Waals surface area contributed by atoms with E-state index in [1.807, 2.05) is 0 Å². The lowest BCUT2D eigenvalue weighted by atomic mass is 10.1. The molecule has 1 rings (SSSR count). The summed E-state index contributed by atoms with van der Waals surface area (Å²) >= 11 is 0. The number of nitrogens with one attached hydrogen (secondary N) is 1. The average Bonchev–Trinajstić information content (AvgIpc) is 2.25. The van der Waals surface area contributed by atoms with Crippen molar-refractivity contribution >= 4 is 0 Å². The molecule has 1 aliphatic rings. The van der Waals surface area contributed by atoms with Crippen molar-refractivity contribution in [2.45, 2.75) is 45.2 Å². The molecule has 0 aromatic rings. The van der Waals surface area contributed by atoms with Gasteiger partial charge < -0.3 is 15.0 Å². The van der Waals surface area contributed by atoms with Crippen molar-refractivity contribution in [1.82, 2.24) is 10.2 Å². The van der Waals surface area contributed by atoms with Crippen LogP contribution in [0.25, 0.3) is 0 Å². The molecular formula is C12H26N2O. The van der Waals surface area contributed by atoms with Crippen molar-refractivity contribution in [2.24, 2.45) is 0 Å². The molecule has 0 unspecified atom stereocenters. The minimum atomic E-state index is 0.610. The van der Waals surface area contributed by atoms with E-state index in [2.05, 4.69) is 31.1 Å². The molecule has 1 N–H and O–H groups in total. The molecule has 0 aliphatic carbocycles. The van der Waals surface area contributed by atoms with Crippen molar-refractivity contribution in [1.29, 1.82) is 0 Å². The molecule has 1 fully saturated rings. The number of hydrogen-bond donors (Lipinski definition) is 1. The van der Waals surface area contributed by atoms with Crippen LogP contribution in [0.3, 0.4) is 0 Å². The van der Waals surface area contributed by atoms with Gasteiger partial charge in [0.2, 0.25) is 0 Å². The SMILES string of the molecule is CC(C)NCCCN(C)C1CCOCC1. The number of hydrogen-bond acceptors (Lipinski definition) is 3. The van der Waals surface area contributed by atoms with Crippen LogP contribution >= 0.6 is 0 Å². The summed E-state index contributed by atoms with van der Waals surface area (Å²) < 4.78 is 5.37. The summed E-state index contributed by atoms with van der Waals surface area (Å²) in [6, 6.07) is 1.36. The largest absolute Gasteiger partial charge is 0.381 e. The van der Waals surface area contributed by atoms with Gasteiger partial charge in [-0.2, -0.15) is 0 Å². The van der Waals surface area contributed by atoms with Crippen LogP contribution in [0.4, 0.5) is 0 Å². The van der Waals surface area contributed by atoms with Crippen LogP contribution in [0.1, 0.15) is 33.1 Å². The summed E-state index contributed by atoms with van der Waals surface area (Å²) in [5, 5.41) is 3.45. The lowest BCUT2D eigenvalue weighted by Gasteiger charge is -2.31. The van der Waals surface area contributed by atoms with Crippen LogP contribution < -0.4 is 5.32 Å². The van der Waals surface area contributed by atoms with Crippen molar-refractivity contribution in [3.8, 4) is 0 Å². The van der Waals surface area contributed by atoms with Gasteiger partial charge in [0.05, 0.1) is 0 Å². The first-order chi connectivity index (χ1) is 7.20. The summed E-state index contributed by atoms with van der Waals surface area (Å²) in [5.41, 5.74) is 0. The van der Waals surface area contributed by atoms with Gasteiger partial charge in [-0.3, -0.25) is 0 Å². The molecule has 0 amide bonds. The lowest BCUT2D eigenvalue weighted by Crippen LogP contribution is -2.38. The average molecular weight is 214 g/mol. The Morgan fingerprint density at radius 2 is 2.00 bits per heavy atom. The van der Waals surface area contributed by atoms with Gasteiger partial charge >= 0.3 is 0 Å². The highest BCUT2D eigenvalue weighted by Crippen LogP contribution is 2.12. The van der Waals surface area contributed by atoms with Crippen LogP contribution in [0.15, 0.2) is 0 Å². The van der Waals surface area contributed by atoms with E-state index in [4.69, 9.17) is 4.74 Å². The monoisotopic (exact) mass is 214 g/mol. The maximum Gasteiger partial charge on any atom is 0.0480 e. The molecule has 0 radical (unpaired) electrons. The van der Waals surface area contributed by atoms with Gasteiger partial charge in [-0.25, -0.2) is 0 Å². The topological polar surface area (TPSA) is 24.5 Å². The van der Waals surface area contributed by atoms with Crippen molar-refractivity contribution in [3.63, 3.8) is 0 Å². The highest BCUT2D eigenvalue weighted by atomic mass is 16.5. The molecule has 1 heterocycles. The maximum absolute atomic E-state index is 5.37. The molecule has 15 heavy (non-hydrogen) atoms. The van der Waals surface area contributed by atoms with E-state index in [0.29, 0.717) is 6.04 Å². The van der Waals surface area contributed by atoms with Crippen LogP contribution in [0.2, 0.25) is 0 Å². The Balaban J connectivity index is 2.04. The Hall–Kier alpha value is -0.120. The summed E-state index contributed by atoms with van der Waals surface area (Å²) in [6.07, 6.45) is 3.65. The quantitative estimate of drug-likeness (QED) is 0.678. The van der Waals surface area contributed by atoms with Gasteiger partial charge in [0.25, 0.3) is 0 Å². The zero-order valence-electron chi connectivity index (χ0n) is 10.5. The highest BCUT2D eigenvalue weighted by molar-refractivity contribution is 4.72. The summed E-state index contributed by atoms with van der Waals surface area (Å²) in [7, 11) is 2.24. The smallest absolute Gasteiger partial charge is 0.0480 e. The second-order valence-corrected chi connectivity index (χ2v) is 4.79. The van der Waals surface area contributed by atoms with Gasteiger partial charge in [0.15, 0.2) is 0 Å². The third kappa shape index (κ3) is 5.50. The predicted molar refractivity (Wildman–Crippen MR) is 64.2 cm³/mol. The van der Waals surface area contributed by atoms with E-state index >= 15 is 0 Å². The number of rotatable bonds is 6. The highest BCUT2D eigenvalue weighted by Gasteiger charge is 2.17. The minimum Gasteiger partial charge on any atom is -0.381 e.